The average molecular weight is 386 g/mol. The summed E-state index contributed by atoms with van der Waals surface area (Å²) < 4.78 is 16.2. The third kappa shape index (κ3) is 3.68. The van der Waals surface area contributed by atoms with Crippen molar-refractivity contribution in [2.45, 2.75) is 33.2 Å². The quantitative estimate of drug-likeness (QED) is 0.729. The van der Waals surface area contributed by atoms with Gasteiger partial charge in [0.15, 0.2) is 4.80 Å². The van der Waals surface area contributed by atoms with E-state index in [4.69, 9.17) is 0 Å². The van der Waals surface area contributed by atoms with Crippen LogP contribution in [0, 0.1) is 19.7 Å². The number of rotatable bonds is 4. The van der Waals surface area contributed by atoms with Crippen LogP contribution in [0.2, 0.25) is 0 Å². The van der Waals surface area contributed by atoms with E-state index < -0.39 is 23.7 Å². The van der Waals surface area contributed by atoms with Gasteiger partial charge >= 0.3 is 5.97 Å². The Hall–Kier alpha value is -2.80. The molecule has 1 heterocycles. The summed E-state index contributed by atoms with van der Waals surface area (Å²) in [5, 5.41) is 9.60. The highest BCUT2D eigenvalue weighted by molar-refractivity contribution is 7.16. The van der Waals surface area contributed by atoms with Crippen molar-refractivity contribution in [1.29, 1.82) is 0 Å². The molecule has 0 aliphatic heterocycles. The highest BCUT2D eigenvalue weighted by atomic mass is 32.1. The van der Waals surface area contributed by atoms with Gasteiger partial charge in [-0.15, -0.1) is 0 Å². The van der Waals surface area contributed by atoms with Crippen molar-refractivity contribution in [3.05, 3.63) is 63.7 Å². The largest absolute Gasteiger partial charge is 0.480 e. The monoisotopic (exact) mass is 386 g/mol. The maximum absolute atomic E-state index is 14.1. The second-order valence-corrected chi connectivity index (χ2v) is 7.38. The summed E-state index contributed by atoms with van der Waals surface area (Å²) in [6, 6.07) is 9.00. The van der Waals surface area contributed by atoms with Gasteiger partial charge in [-0.05, 0) is 50.1 Å². The Morgan fingerprint density at radius 3 is 2.48 bits per heavy atom. The molecule has 0 aliphatic rings. The zero-order valence-electron chi connectivity index (χ0n) is 15.2. The van der Waals surface area contributed by atoms with Crippen molar-refractivity contribution in [2.24, 2.45) is 4.99 Å². The number of carboxylic acids is 1. The molecule has 2 aromatic carbocycles. The van der Waals surface area contributed by atoms with Gasteiger partial charge in [-0.2, -0.15) is 4.99 Å². The number of hydrogen-bond acceptors (Lipinski definition) is 3. The fraction of sp³-hybridized carbons (Fsp3) is 0.250. The maximum Gasteiger partial charge on any atom is 0.326 e. The Morgan fingerprint density at radius 2 is 1.89 bits per heavy atom. The number of fused-ring (bicyclic) bond motifs is 1. The molecular formula is C20H19FN2O3S. The molecule has 0 bridgehead atoms. The highest BCUT2D eigenvalue weighted by Gasteiger charge is 2.23. The summed E-state index contributed by atoms with van der Waals surface area (Å²) in [5.74, 6) is -1.94. The van der Waals surface area contributed by atoms with Crippen LogP contribution in [-0.4, -0.2) is 21.6 Å². The van der Waals surface area contributed by atoms with Crippen LogP contribution in [-0.2, 0) is 4.79 Å². The molecule has 1 amide bonds. The molecule has 0 saturated carbocycles. The molecule has 1 unspecified atom stereocenters. The lowest BCUT2D eigenvalue weighted by Gasteiger charge is -2.13. The number of hydrogen-bond donors (Lipinski definition) is 1. The van der Waals surface area contributed by atoms with E-state index in [1.807, 2.05) is 19.1 Å². The van der Waals surface area contributed by atoms with Crippen LogP contribution in [0.25, 0.3) is 10.2 Å². The number of aromatic nitrogens is 1. The number of thiazole rings is 1. The molecule has 7 heteroatoms. The van der Waals surface area contributed by atoms with Gasteiger partial charge in [0.05, 0.1) is 10.2 Å². The van der Waals surface area contributed by atoms with E-state index in [1.54, 1.807) is 32.0 Å². The van der Waals surface area contributed by atoms with Gasteiger partial charge in [-0.25, -0.2) is 9.18 Å². The molecule has 0 fully saturated rings. The van der Waals surface area contributed by atoms with Gasteiger partial charge in [-0.3, -0.25) is 4.79 Å². The van der Waals surface area contributed by atoms with E-state index in [1.165, 1.54) is 22.0 Å². The minimum absolute atomic E-state index is 0.245. The molecule has 3 rings (SSSR count). The van der Waals surface area contributed by atoms with Crippen molar-refractivity contribution in [3.63, 3.8) is 0 Å². The second kappa shape index (κ2) is 7.44. The average Bonchev–Trinajstić information content (AvgIpc) is 2.93. The Labute approximate surface area is 159 Å². The summed E-state index contributed by atoms with van der Waals surface area (Å²) in [6.07, 6.45) is 0.280. The summed E-state index contributed by atoms with van der Waals surface area (Å²) in [6.45, 7) is 5.29. The molecule has 0 aliphatic carbocycles. The van der Waals surface area contributed by atoms with Crippen molar-refractivity contribution in [1.82, 2.24) is 4.57 Å². The first-order chi connectivity index (χ1) is 12.8. The Bertz CT molecular complexity index is 1100. The van der Waals surface area contributed by atoms with Crippen LogP contribution in [0.1, 0.15) is 40.9 Å². The Kier molecular flexibility index (Phi) is 5.23. The van der Waals surface area contributed by atoms with E-state index in [-0.39, 0.29) is 11.2 Å². The molecule has 3 aromatic rings. The molecule has 0 radical (unpaired) electrons. The number of carbonyl (C=O) groups excluding carboxylic acids is 1. The standard InChI is InChI=1S/C20H19FN2O3S/c1-4-15(19(25)26)23-16-10-14(21)12(3)9-17(16)27-20(23)22-18(24)13-7-5-11(2)6-8-13/h5-10,15H,4H2,1-3H3,(H,25,26). The van der Waals surface area contributed by atoms with Crippen LogP contribution in [0.5, 0.6) is 0 Å². The van der Waals surface area contributed by atoms with Gasteiger partial charge in [0.1, 0.15) is 11.9 Å². The molecule has 1 aromatic heterocycles. The Morgan fingerprint density at radius 1 is 1.22 bits per heavy atom. The minimum Gasteiger partial charge on any atom is -0.480 e. The van der Waals surface area contributed by atoms with Gasteiger partial charge in [0.2, 0.25) is 0 Å². The van der Waals surface area contributed by atoms with E-state index in [9.17, 15) is 19.1 Å². The zero-order valence-corrected chi connectivity index (χ0v) is 16.0. The molecule has 5 nitrogen and oxygen atoms in total. The minimum atomic E-state index is -1.05. The van der Waals surface area contributed by atoms with Gasteiger partial charge in [0, 0.05) is 5.56 Å². The van der Waals surface area contributed by atoms with E-state index in [0.717, 1.165) is 5.56 Å². The normalized spacial score (nSPS) is 13.1. The van der Waals surface area contributed by atoms with Crippen LogP contribution in [0.4, 0.5) is 4.39 Å². The number of aliphatic carboxylic acids is 1. The third-order valence-corrected chi connectivity index (χ3v) is 5.40. The summed E-state index contributed by atoms with van der Waals surface area (Å²) in [7, 11) is 0. The smallest absolute Gasteiger partial charge is 0.326 e. The van der Waals surface area contributed by atoms with Gasteiger partial charge in [-0.1, -0.05) is 36.0 Å². The number of nitrogens with zero attached hydrogens (tertiary/aromatic N) is 2. The molecule has 0 spiro atoms. The zero-order chi connectivity index (χ0) is 19.7. The van der Waals surface area contributed by atoms with E-state index in [0.29, 0.717) is 21.3 Å². The topological polar surface area (TPSA) is 71.7 Å². The van der Waals surface area contributed by atoms with Crippen molar-refractivity contribution in [3.8, 4) is 0 Å². The number of amides is 1. The predicted octanol–water partition coefficient (Wildman–Crippen LogP) is 4.24. The predicted molar refractivity (Wildman–Crippen MR) is 103 cm³/mol. The molecule has 27 heavy (non-hydrogen) atoms. The van der Waals surface area contributed by atoms with Crippen molar-refractivity contribution < 1.29 is 19.1 Å². The lowest BCUT2D eigenvalue weighted by Crippen LogP contribution is -2.27. The van der Waals surface area contributed by atoms with E-state index in [2.05, 4.69) is 4.99 Å². The lowest BCUT2D eigenvalue weighted by atomic mass is 10.1. The first-order valence-corrected chi connectivity index (χ1v) is 9.33. The number of carboxylic acid groups (broad SMARTS) is 1. The highest BCUT2D eigenvalue weighted by Crippen LogP contribution is 2.25. The third-order valence-electron chi connectivity index (χ3n) is 4.39. The molecule has 140 valence electrons. The summed E-state index contributed by atoms with van der Waals surface area (Å²) in [4.78, 5) is 28.7. The summed E-state index contributed by atoms with van der Waals surface area (Å²) >= 11 is 1.18. The van der Waals surface area contributed by atoms with Crippen molar-refractivity contribution >= 4 is 33.4 Å². The Balaban J connectivity index is 2.26. The fourth-order valence-corrected chi connectivity index (χ4v) is 4.00. The first kappa shape index (κ1) is 19.0. The first-order valence-electron chi connectivity index (χ1n) is 8.51. The molecule has 0 saturated heterocycles. The SMILES string of the molecule is CCC(C(=O)O)n1c(=NC(=O)c2ccc(C)cc2)sc2cc(C)c(F)cc21. The second-order valence-electron chi connectivity index (χ2n) is 6.37. The van der Waals surface area contributed by atoms with Crippen molar-refractivity contribution in [2.75, 3.05) is 0 Å². The van der Waals surface area contributed by atoms with Crippen LogP contribution in [0.15, 0.2) is 41.4 Å². The van der Waals surface area contributed by atoms with Gasteiger partial charge < -0.3 is 9.67 Å². The number of halogens is 1. The molecular weight excluding hydrogens is 367 g/mol. The number of benzene rings is 2. The lowest BCUT2D eigenvalue weighted by molar-refractivity contribution is -0.140. The van der Waals surface area contributed by atoms with Gasteiger partial charge in [0.25, 0.3) is 5.91 Å². The maximum atomic E-state index is 14.1. The number of aryl methyl sites for hydroxylation is 2. The summed E-state index contributed by atoms with van der Waals surface area (Å²) in [5.41, 5.74) is 2.31. The van der Waals surface area contributed by atoms with Crippen LogP contribution in [0.3, 0.4) is 0 Å². The fourth-order valence-electron chi connectivity index (χ4n) is 2.86. The van der Waals surface area contributed by atoms with Crippen LogP contribution < -0.4 is 4.80 Å². The van der Waals surface area contributed by atoms with Crippen LogP contribution >= 0.6 is 11.3 Å². The molecule has 1 atom stereocenters. The molecule has 1 N–H and O–H groups in total. The number of carbonyl (C=O) groups is 2. The van der Waals surface area contributed by atoms with E-state index >= 15 is 0 Å².